The summed E-state index contributed by atoms with van der Waals surface area (Å²) in [4.78, 5) is 9.28. The molecule has 2 unspecified atom stereocenters. The highest BCUT2D eigenvalue weighted by atomic mass is 35.5. The number of rotatable bonds is 14. The SMILES string of the molecule is Cc1c(COc2cc(OCc3cncc(C#N)c3)c(CN3CCCC[C@H]3C)cc2Cl)cccc1-c1cccc(OCCCN2CC3CC2C[OH+]3)c1C. The molecular weight excluding hydrogens is 672 g/mol. The number of aliphatic hydroxyl groups is 2. The van der Waals surface area contributed by atoms with Gasteiger partial charge in [-0.15, -0.1) is 0 Å². The number of hydrogen-bond acceptors (Lipinski definition) is 7. The van der Waals surface area contributed by atoms with Gasteiger partial charge >= 0.3 is 0 Å². The van der Waals surface area contributed by atoms with Crippen LogP contribution >= 0.6 is 11.6 Å². The van der Waals surface area contributed by atoms with Crippen LogP contribution in [0.1, 0.15) is 72.4 Å². The number of benzene rings is 3. The van der Waals surface area contributed by atoms with Gasteiger partial charge in [-0.2, -0.15) is 5.26 Å². The van der Waals surface area contributed by atoms with Crippen LogP contribution in [0.4, 0.5) is 0 Å². The van der Waals surface area contributed by atoms with Gasteiger partial charge in [-0.25, -0.2) is 0 Å². The van der Waals surface area contributed by atoms with Gasteiger partial charge in [0.15, 0.2) is 12.7 Å². The molecule has 0 aliphatic carbocycles. The minimum Gasteiger partial charge on any atom is -0.493 e. The van der Waals surface area contributed by atoms with Crippen LogP contribution in [0.5, 0.6) is 17.2 Å². The van der Waals surface area contributed by atoms with Crippen molar-refractivity contribution in [2.75, 3.05) is 32.8 Å². The van der Waals surface area contributed by atoms with Gasteiger partial charge in [-0.1, -0.05) is 48.4 Å². The van der Waals surface area contributed by atoms with Crippen LogP contribution in [0.15, 0.2) is 67.0 Å². The number of fused-ring (bicyclic) bond motifs is 2. The van der Waals surface area contributed by atoms with E-state index in [2.05, 4.69) is 82.8 Å². The topological polar surface area (TPSA) is 83.6 Å². The largest absolute Gasteiger partial charge is 0.493 e. The third kappa shape index (κ3) is 8.40. The third-order valence-electron chi connectivity index (χ3n) is 11.1. The zero-order chi connectivity index (χ0) is 36.0. The zero-order valence-corrected chi connectivity index (χ0v) is 31.4. The third-order valence-corrected chi connectivity index (χ3v) is 11.4. The number of halogens is 1. The molecular formula is C43H50ClN4O4+. The van der Waals surface area contributed by atoms with Crippen LogP contribution in [-0.4, -0.2) is 70.6 Å². The number of pyridine rings is 1. The number of morpholine rings is 1. The van der Waals surface area contributed by atoms with E-state index in [9.17, 15) is 5.26 Å². The average molecular weight is 722 g/mol. The van der Waals surface area contributed by atoms with E-state index in [1.54, 1.807) is 18.5 Å². The second-order valence-corrected chi connectivity index (χ2v) is 15.0. The van der Waals surface area contributed by atoms with E-state index in [1.807, 2.05) is 12.1 Å². The molecule has 3 saturated heterocycles. The highest BCUT2D eigenvalue weighted by molar-refractivity contribution is 6.32. The fraction of sp³-hybridized carbons (Fsp3) is 0.442. The van der Waals surface area contributed by atoms with E-state index in [1.165, 1.54) is 25.7 Å². The van der Waals surface area contributed by atoms with Crippen molar-refractivity contribution in [2.24, 2.45) is 0 Å². The smallest absolute Gasteiger partial charge is 0.169 e. The molecule has 9 heteroatoms. The Hall–Kier alpha value is -4.13. The van der Waals surface area contributed by atoms with E-state index in [0.717, 1.165) is 89.6 Å². The van der Waals surface area contributed by atoms with E-state index >= 15 is 0 Å². The summed E-state index contributed by atoms with van der Waals surface area (Å²) in [6.07, 6.45) is 9.72. The minimum absolute atomic E-state index is 0.283. The molecule has 0 amide bonds. The predicted octanol–water partition coefficient (Wildman–Crippen LogP) is 8.18. The van der Waals surface area contributed by atoms with Crippen molar-refractivity contribution in [2.45, 2.75) is 90.8 Å². The summed E-state index contributed by atoms with van der Waals surface area (Å²) in [6.45, 7) is 12.9. The van der Waals surface area contributed by atoms with Crippen LogP contribution < -0.4 is 14.2 Å². The first-order valence-corrected chi connectivity index (χ1v) is 19.1. The Labute approximate surface area is 313 Å². The Kier molecular flexibility index (Phi) is 11.6. The van der Waals surface area contributed by atoms with E-state index in [0.29, 0.717) is 47.7 Å². The Morgan fingerprint density at radius 1 is 0.904 bits per heavy atom. The predicted molar refractivity (Wildman–Crippen MR) is 205 cm³/mol. The molecule has 3 aliphatic rings. The van der Waals surface area contributed by atoms with Crippen molar-refractivity contribution in [1.29, 1.82) is 5.26 Å². The van der Waals surface area contributed by atoms with Gasteiger partial charge in [0.05, 0.1) is 29.8 Å². The van der Waals surface area contributed by atoms with Crippen LogP contribution in [0.2, 0.25) is 5.02 Å². The zero-order valence-electron chi connectivity index (χ0n) is 30.6. The van der Waals surface area contributed by atoms with Crippen molar-refractivity contribution in [3.8, 4) is 34.4 Å². The maximum atomic E-state index is 9.35. The Balaban J connectivity index is 1.05. The summed E-state index contributed by atoms with van der Waals surface area (Å²) in [7, 11) is 0. The lowest BCUT2D eigenvalue weighted by Crippen LogP contribution is -2.39. The first-order valence-electron chi connectivity index (χ1n) is 18.7. The van der Waals surface area contributed by atoms with E-state index in [4.69, 9.17) is 25.8 Å². The molecule has 8 nitrogen and oxygen atoms in total. The quantitative estimate of drug-likeness (QED) is 0.0960. The van der Waals surface area contributed by atoms with Crippen molar-refractivity contribution < 1.29 is 18.9 Å². The molecule has 3 aliphatic heterocycles. The summed E-state index contributed by atoms with van der Waals surface area (Å²) < 4.78 is 23.9. The molecule has 1 N–H and O–H groups in total. The van der Waals surface area contributed by atoms with Crippen molar-refractivity contribution >= 4 is 11.6 Å². The second-order valence-electron chi connectivity index (χ2n) is 14.6. The number of ether oxygens (including phenoxy) is 4. The Bertz CT molecular complexity index is 1910. The lowest BCUT2D eigenvalue weighted by Gasteiger charge is -2.33. The molecule has 0 spiro atoms. The number of likely N-dealkylation sites (tertiary alicyclic amines) is 2. The fourth-order valence-corrected chi connectivity index (χ4v) is 8.21. The van der Waals surface area contributed by atoms with E-state index < -0.39 is 0 Å². The normalized spacial score (nSPS) is 20.2. The van der Waals surface area contributed by atoms with Crippen molar-refractivity contribution in [3.63, 3.8) is 0 Å². The maximum absolute atomic E-state index is 9.35. The standard InChI is InChI=1S/C43H49ClN4O4/c1-29-9-4-5-14-47(29)24-35-18-40(44)43(20-42(35)51-26-33-17-32(21-45)22-46-23-33)52-27-34-10-6-11-38(30(34)2)39-12-7-13-41(31(39)3)49-16-8-15-48-25-37-19-36(48)28-50-37/h6-7,10-13,17-18,20,22-23,29,36-37H,4-5,8-9,14-16,19,24-28H2,1-3H3/p+1/t29-,36?,37?/m1/s1. The number of aromatic nitrogens is 1. The van der Waals surface area contributed by atoms with Gasteiger partial charge in [0, 0.05) is 55.1 Å². The molecule has 4 heterocycles. The number of nitriles is 1. The molecule has 4 aromatic rings. The van der Waals surface area contributed by atoms with Crippen LogP contribution in [0.25, 0.3) is 11.1 Å². The van der Waals surface area contributed by atoms with Gasteiger partial charge in [0.2, 0.25) is 0 Å². The number of piperidine rings is 1. The molecule has 7 rings (SSSR count). The highest BCUT2D eigenvalue weighted by Gasteiger charge is 2.43. The summed E-state index contributed by atoms with van der Waals surface area (Å²) in [5.74, 6) is 2.23. The van der Waals surface area contributed by atoms with Gasteiger partial charge in [0.25, 0.3) is 0 Å². The molecule has 3 atom stereocenters. The first kappa shape index (κ1) is 36.2. The Morgan fingerprint density at radius 3 is 2.52 bits per heavy atom. The first-order chi connectivity index (χ1) is 25.4. The number of hydrogen-bond donors (Lipinski definition) is 0. The van der Waals surface area contributed by atoms with Crippen molar-refractivity contribution in [1.82, 2.24) is 14.8 Å². The minimum atomic E-state index is 0.283. The summed E-state index contributed by atoms with van der Waals surface area (Å²) in [5, 5.41) is 9.91. The van der Waals surface area contributed by atoms with Gasteiger partial charge in [-0.3, -0.25) is 14.8 Å². The van der Waals surface area contributed by atoms with Crippen LogP contribution in [0.3, 0.4) is 0 Å². The highest BCUT2D eigenvalue weighted by Crippen LogP contribution is 2.37. The maximum Gasteiger partial charge on any atom is 0.169 e. The molecule has 2 bridgehead atoms. The molecule has 3 aromatic carbocycles. The summed E-state index contributed by atoms with van der Waals surface area (Å²) >= 11 is 6.92. The molecule has 0 radical (unpaired) electrons. The van der Waals surface area contributed by atoms with Gasteiger partial charge in [0.1, 0.15) is 36.5 Å². The van der Waals surface area contributed by atoms with E-state index in [-0.39, 0.29) is 6.61 Å². The average Bonchev–Trinajstić information content (AvgIpc) is 3.79. The van der Waals surface area contributed by atoms with Gasteiger partial charge in [-0.05, 0) is 92.6 Å². The Morgan fingerprint density at radius 2 is 1.73 bits per heavy atom. The molecule has 52 heavy (non-hydrogen) atoms. The lowest BCUT2D eigenvalue weighted by atomic mass is 9.93. The van der Waals surface area contributed by atoms with Crippen molar-refractivity contribution in [3.05, 3.63) is 105 Å². The fourth-order valence-electron chi connectivity index (χ4n) is 7.97. The summed E-state index contributed by atoms with van der Waals surface area (Å²) in [5.41, 5.74) is 8.06. The molecule has 272 valence electrons. The molecule has 0 saturated carbocycles. The molecule has 1 aromatic heterocycles. The monoisotopic (exact) mass is 721 g/mol. The summed E-state index contributed by atoms with van der Waals surface area (Å²) in [6, 6.07) is 21.7. The number of nitrogens with zero attached hydrogens (tertiary/aromatic N) is 4. The van der Waals surface area contributed by atoms with Crippen LogP contribution in [-0.2, 0) is 19.8 Å². The lowest BCUT2D eigenvalue weighted by molar-refractivity contribution is -0.103. The molecule has 3 fully saturated rings. The van der Waals surface area contributed by atoms with Crippen LogP contribution in [0, 0.1) is 25.2 Å². The van der Waals surface area contributed by atoms with Gasteiger partial charge < -0.3 is 18.9 Å². The second kappa shape index (κ2) is 16.7.